The van der Waals surface area contributed by atoms with Crippen molar-refractivity contribution < 1.29 is 4.74 Å². The summed E-state index contributed by atoms with van der Waals surface area (Å²) in [6.07, 6.45) is 0. The Bertz CT molecular complexity index is 439. The summed E-state index contributed by atoms with van der Waals surface area (Å²) in [5.41, 5.74) is -1.16. The molecular formula is C9H17N5O3. The molecule has 0 aliphatic heterocycles. The second-order valence-electron chi connectivity index (χ2n) is 3.70. The molecule has 0 bridgehead atoms. The number of hydrogen-bond donors (Lipinski definition) is 3. The maximum Gasteiger partial charge on any atom is 0.342 e. The van der Waals surface area contributed by atoms with Crippen molar-refractivity contribution in [1.29, 1.82) is 0 Å². The van der Waals surface area contributed by atoms with Crippen molar-refractivity contribution in [3.63, 3.8) is 0 Å². The van der Waals surface area contributed by atoms with Crippen molar-refractivity contribution >= 4 is 5.82 Å². The number of anilines is 1. The van der Waals surface area contributed by atoms with Gasteiger partial charge in [-0.3, -0.25) is 9.78 Å². The van der Waals surface area contributed by atoms with Crippen LogP contribution in [0.15, 0.2) is 9.59 Å². The van der Waals surface area contributed by atoms with E-state index in [1.807, 2.05) is 19.0 Å². The molecule has 0 saturated carbocycles. The molecule has 3 N–H and O–H groups in total. The fraction of sp³-hybridized carbons (Fsp3) is 0.667. The van der Waals surface area contributed by atoms with Gasteiger partial charge in [0.1, 0.15) is 0 Å². The zero-order valence-corrected chi connectivity index (χ0v) is 9.95. The summed E-state index contributed by atoms with van der Waals surface area (Å²) in [5, 5.41) is 8.47. The minimum absolute atomic E-state index is 0.0841. The molecule has 0 aliphatic carbocycles. The average molecular weight is 243 g/mol. The SMILES string of the molecule is CN(C)CCOCCNc1n[nH]c(=O)[nH]c1=O. The number of hydrogen-bond acceptors (Lipinski definition) is 6. The third-order valence-electron chi connectivity index (χ3n) is 1.93. The monoisotopic (exact) mass is 243 g/mol. The van der Waals surface area contributed by atoms with Gasteiger partial charge in [0.2, 0.25) is 5.82 Å². The summed E-state index contributed by atoms with van der Waals surface area (Å²) in [6.45, 7) is 2.39. The van der Waals surface area contributed by atoms with Gasteiger partial charge >= 0.3 is 5.69 Å². The molecule has 8 heteroatoms. The first-order chi connectivity index (χ1) is 8.09. The van der Waals surface area contributed by atoms with Crippen LogP contribution >= 0.6 is 0 Å². The van der Waals surface area contributed by atoms with E-state index in [2.05, 4.69) is 20.5 Å². The van der Waals surface area contributed by atoms with E-state index < -0.39 is 11.2 Å². The van der Waals surface area contributed by atoms with E-state index in [-0.39, 0.29) is 5.82 Å². The lowest BCUT2D eigenvalue weighted by molar-refractivity contribution is 0.126. The van der Waals surface area contributed by atoms with E-state index in [1.54, 1.807) is 0 Å². The Hall–Kier alpha value is -1.67. The van der Waals surface area contributed by atoms with Crippen molar-refractivity contribution in [1.82, 2.24) is 20.1 Å². The highest BCUT2D eigenvalue weighted by Gasteiger charge is 2.00. The van der Waals surface area contributed by atoms with Gasteiger partial charge in [-0.25, -0.2) is 9.89 Å². The molecule has 0 aliphatic rings. The summed E-state index contributed by atoms with van der Waals surface area (Å²) in [5.74, 6) is 0.0841. The Morgan fingerprint density at radius 1 is 1.35 bits per heavy atom. The van der Waals surface area contributed by atoms with Gasteiger partial charge < -0.3 is 15.0 Å². The third-order valence-corrected chi connectivity index (χ3v) is 1.93. The van der Waals surface area contributed by atoms with Crippen molar-refractivity contribution in [2.45, 2.75) is 0 Å². The lowest BCUT2D eigenvalue weighted by atomic mass is 10.6. The Morgan fingerprint density at radius 2 is 2.12 bits per heavy atom. The standard InChI is InChI=1S/C9H17N5O3/c1-14(2)4-6-17-5-3-10-7-8(15)11-9(16)13-12-7/h3-6H2,1-2H3,(H,10,12)(H2,11,13,15,16). The fourth-order valence-corrected chi connectivity index (χ4v) is 1.06. The van der Waals surface area contributed by atoms with Crippen molar-refractivity contribution in [2.75, 3.05) is 45.7 Å². The molecule has 1 heterocycles. The van der Waals surface area contributed by atoms with Crippen LogP contribution in [-0.2, 0) is 4.74 Å². The predicted octanol–water partition coefficient (Wildman–Crippen LogP) is -1.55. The summed E-state index contributed by atoms with van der Waals surface area (Å²) in [6, 6.07) is 0. The van der Waals surface area contributed by atoms with E-state index in [1.165, 1.54) is 0 Å². The van der Waals surface area contributed by atoms with Crippen LogP contribution in [0.5, 0.6) is 0 Å². The molecule has 1 rings (SSSR count). The highest BCUT2D eigenvalue weighted by Crippen LogP contribution is 1.86. The lowest BCUT2D eigenvalue weighted by Gasteiger charge is -2.09. The number of aromatic nitrogens is 3. The smallest absolute Gasteiger partial charge is 0.342 e. The zero-order chi connectivity index (χ0) is 12.7. The summed E-state index contributed by atoms with van der Waals surface area (Å²) < 4.78 is 5.31. The summed E-state index contributed by atoms with van der Waals surface area (Å²) in [4.78, 5) is 26.0. The number of ether oxygens (including phenoxy) is 1. The van der Waals surface area contributed by atoms with Gasteiger partial charge in [-0.15, -0.1) is 5.10 Å². The van der Waals surface area contributed by atoms with Crippen LogP contribution in [0.2, 0.25) is 0 Å². The molecular weight excluding hydrogens is 226 g/mol. The topological polar surface area (TPSA) is 103 Å². The zero-order valence-electron chi connectivity index (χ0n) is 9.95. The molecule has 96 valence electrons. The fourth-order valence-electron chi connectivity index (χ4n) is 1.06. The molecule has 0 radical (unpaired) electrons. The molecule has 8 nitrogen and oxygen atoms in total. The van der Waals surface area contributed by atoms with Crippen LogP contribution in [0.4, 0.5) is 5.82 Å². The molecule has 0 fully saturated rings. The van der Waals surface area contributed by atoms with Crippen molar-refractivity contribution in [3.8, 4) is 0 Å². The first-order valence-electron chi connectivity index (χ1n) is 5.25. The summed E-state index contributed by atoms with van der Waals surface area (Å²) in [7, 11) is 3.93. The number of rotatable bonds is 7. The number of nitrogens with one attached hydrogen (secondary N) is 3. The molecule has 1 aromatic heterocycles. The largest absolute Gasteiger partial charge is 0.378 e. The molecule has 17 heavy (non-hydrogen) atoms. The molecule has 0 aromatic carbocycles. The molecule has 0 unspecified atom stereocenters. The maximum absolute atomic E-state index is 11.2. The van der Waals surface area contributed by atoms with E-state index in [4.69, 9.17) is 4.74 Å². The van der Waals surface area contributed by atoms with Gasteiger partial charge in [0.25, 0.3) is 5.56 Å². The van der Waals surface area contributed by atoms with Gasteiger partial charge in [0, 0.05) is 13.1 Å². The molecule has 1 aromatic rings. The molecule has 0 amide bonds. The third kappa shape index (κ3) is 5.27. The minimum Gasteiger partial charge on any atom is -0.378 e. The highest BCUT2D eigenvalue weighted by atomic mass is 16.5. The van der Waals surface area contributed by atoms with Crippen LogP contribution in [0, 0.1) is 0 Å². The van der Waals surface area contributed by atoms with Gasteiger partial charge in [0.15, 0.2) is 0 Å². The van der Waals surface area contributed by atoms with Gasteiger partial charge in [0.05, 0.1) is 13.2 Å². The van der Waals surface area contributed by atoms with Gasteiger partial charge in [-0.1, -0.05) is 0 Å². The van der Waals surface area contributed by atoms with Crippen LogP contribution < -0.4 is 16.6 Å². The highest BCUT2D eigenvalue weighted by molar-refractivity contribution is 5.28. The number of aromatic amines is 2. The average Bonchev–Trinajstić information content (AvgIpc) is 2.25. The quantitative estimate of drug-likeness (QED) is 0.501. The Kier molecular flexibility index (Phi) is 5.37. The second-order valence-corrected chi connectivity index (χ2v) is 3.70. The van der Waals surface area contributed by atoms with Gasteiger partial charge in [-0.2, -0.15) is 0 Å². The number of likely N-dealkylation sites (N-methyl/N-ethyl adjacent to an activating group) is 1. The first-order valence-corrected chi connectivity index (χ1v) is 5.25. The molecule has 0 spiro atoms. The van der Waals surface area contributed by atoms with Crippen LogP contribution in [0.3, 0.4) is 0 Å². The second kappa shape index (κ2) is 6.81. The molecule has 0 saturated heterocycles. The van der Waals surface area contributed by atoms with E-state index >= 15 is 0 Å². The summed E-state index contributed by atoms with van der Waals surface area (Å²) >= 11 is 0. The van der Waals surface area contributed by atoms with Crippen LogP contribution in [-0.4, -0.2) is 60.5 Å². The first kappa shape index (κ1) is 13.4. The number of H-pyrrole nitrogens is 2. The van der Waals surface area contributed by atoms with Crippen LogP contribution in [0.1, 0.15) is 0 Å². The Balaban J connectivity index is 2.22. The van der Waals surface area contributed by atoms with Crippen LogP contribution in [0.25, 0.3) is 0 Å². The predicted molar refractivity (Wildman–Crippen MR) is 63.3 cm³/mol. The van der Waals surface area contributed by atoms with Crippen molar-refractivity contribution in [2.24, 2.45) is 0 Å². The normalized spacial score (nSPS) is 10.8. The lowest BCUT2D eigenvalue weighted by Crippen LogP contribution is -2.28. The Labute approximate surface area is 98.0 Å². The van der Waals surface area contributed by atoms with Crippen molar-refractivity contribution in [3.05, 3.63) is 20.8 Å². The van der Waals surface area contributed by atoms with E-state index in [0.717, 1.165) is 6.54 Å². The number of nitrogens with zero attached hydrogens (tertiary/aromatic N) is 2. The molecule has 0 atom stereocenters. The van der Waals surface area contributed by atoms with Gasteiger partial charge in [-0.05, 0) is 14.1 Å². The Morgan fingerprint density at radius 3 is 2.76 bits per heavy atom. The van der Waals surface area contributed by atoms with E-state index in [9.17, 15) is 9.59 Å². The minimum atomic E-state index is -0.622. The maximum atomic E-state index is 11.2. The van der Waals surface area contributed by atoms with E-state index in [0.29, 0.717) is 19.8 Å².